The minimum atomic E-state index is -0.711. The van der Waals surface area contributed by atoms with Crippen LogP contribution in [0.15, 0.2) is 0 Å². The number of carbonyl (C=O) groups is 1. The van der Waals surface area contributed by atoms with Gasteiger partial charge in [0, 0.05) is 6.42 Å². The highest BCUT2D eigenvalue weighted by molar-refractivity contribution is 5.66. The molecule has 9 heavy (non-hydrogen) atoms. The Hall–Kier alpha value is -1.22. The van der Waals surface area contributed by atoms with Gasteiger partial charge in [-0.2, -0.15) is 0 Å². The Balaban J connectivity index is 0. The molecule has 1 N–H and O–H groups in total. The number of rotatable bonds is 2. The summed E-state index contributed by atoms with van der Waals surface area (Å²) in [4.78, 5) is 11.1. The zero-order valence-electron chi connectivity index (χ0n) is 5.11. The summed E-state index contributed by atoms with van der Waals surface area (Å²) in [6.45, 7) is 1.84. The molecule has 0 radical (unpaired) electrons. The van der Waals surface area contributed by atoms with E-state index < -0.39 is 5.97 Å². The second-order valence-electron chi connectivity index (χ2n) is 1.23. The molecule has 0 heterocycles. The van der Waals surface area contributed by atoms with Crippen molar-refractivity contribution < 1.29 is 9.90 Å². The van der Waals surface area contributed by atoms with E-state index in [0.29, 0.717) is 6.42 Å². The molecule has 0 aromatic carbocycles. The van der Waals surface area contributed by atoms with Crippen LogP contribution in [0.2, 0.25) is 0 Å². The van der Waals surface area contributed by atoms with Crippen LogP contribution in [0.25, 0.3) is 16.0 Å². The average Bonchev–Trinajstić information content (AvgIpc) is 1.67. The molecule has 0 aromatic rings. The highest BCUT2D eigenvalue weighted by Crippen LogP contribution is 1.82. The predicted octanol–water partition coefficient (Wildman–Crippen LogP) is 1.74. The van der Waals surface area contributed by atoms with Gasteiger partial charge < -0.3 is 16.2 Å². The summed E-state index contributed by atoms with van der Waals surface area (Å²) < 4.78 is 0. The Morgan fingerprint density at radius 1 is 1.67 bits per heavy atom. The lowest BCUT2D eigenvalue weighted by atomic mass is 10.4. The van der Waals surface area contributed by atoms with Crippen molar-refractivity contribution in [1.29, 1.82) is 0 Å². The van der Waals surface area contributed by atoms with Crippen LogP contribution in [-0.4, -0.2) is 11.1 Å². The molecule has 0 unspecified atom stereocenters. The third-order valence-corrected chi connectivity index (χ3v) is 0.464. The largest absolute Gasteiger partial charge is 0.481 e. The van der Waals surface area contributed by atoms with E-state index >= 15 is 0 Å². The third-order valence-electron chi connectivity index (χ3n) is 0.464. The molecule has 0 aliphatic carbocycles. The van der Waals surface area contributed by atoms with Crippen molar-refractivity contribution in [2.45, 2.75) is 19.8 Å². The van der Waals surface area contributed by atoms with Crippen LogP contribution in [0.4, 0.5) is 0 Å². The van der Waals surface area contributed by atoms with Crippen molar-refractivity contribution in [3.8, 4) is 0 Å². The highest BCUT2D eigenvalue weighted by atomic mass is 16.4. The molecule has 0 saturated carbocycles. The van der Waals surface area contributed by atoms with Gasteiger partial charge in [0.25, 0.3) is 0 Å². The lowest BCUT2D eigenvalue weighted by Gasteiger charge is -1.79. The van der Waals surface area contributed by atoms with E-state index in [9.17, 15) is 4.79 Å². The van der Waals surface area contributed by atoms with Crippen LogP contribution in [0.3, 0.4) is 0 Å². The quantitative estimate of drug-likeness (QED) is 0.350. The first-order valence-electron chi connectivity index (χ1n) is 2.39. The topological polar surface area (TPSA) is 96.0 Å². The van der Waals surface area contributed by atoms with Crippen LogP contribution < -0.4 is 0 Å². The summed E-state index contributed by atoms with van der Waals surface area (Å²) in [5.74, 6) is -0.711. The van der Waals surface area contributed by atoms with Gasteiger partial charge >= 0.3 is 5.97 Å². The van der Waals surface area contributed by atoms with Gasteiger partial charge in [0.05, 0.1) is 0 Å². The van der Waals surface area contributed by atoms with Crippen molar-refractivity contribution >= 4 is 5.97 Å². The molecule has 0 rings (SSSR count). The molecule has 52 valence electrons. The third kappa shape index (κ3) is 48.9. The molecule has 0 atom stereocenters. The molecule has 0 amide bonds. The summed E-state index contributed by atoms with van der Waals surface area (Å²) in [5.41, 5.74) is 13.5. The molecular weight excluding hydrogens is 122 g/mol. The fourth-order valence-corrected chi connectivity index (χ4v) is 0.214. The van der Waals surface area contributed by atoms with Crippen LogP contribution in [0, 0.1) is 0 Å². The fraction of sp³-hybridized carbons (Fsp3) is 0.750. The number of nitrogens with zero attached hydrogens (tertiary/aromatic N) is 3. The van der Waals surface area contributed by atoms with Gasteiger partial charge in [0.15, 0.2) is 0 Å². The number of carboxylic acid groups (broad SMARTS) is 1. The zero-order valence-corrected chi connectivity index (χ0v) is 5.11. The minimum absolute atomic E-state index is 0.292. The molecule has 0 aliphatic heterocycles. The van der Waals surface area contributed by atoms with E-state index in [4.69, 9.17) is 16.2 Å². The first-order valence-corrected chi connectivity index (χ1v) is 2.39. The molecule has 5 nitrogen and oxygen atoms in total. The van der Waals surface area contributed by atoms with Crippen LogP contribution in [0.5, 0.6) is 0 Å². The van der Waals surface area contributed by atoms with Crippen molar-refractivity contribution in [1.82, 2.24) is 0 Å². The van der Waals surface area contributed by atoms with E-state index in [1.54, 1.807) is 0 Å². The Kier molecular flexibility index (Phi) is 11.8. The van der Waals surface area contributed by atoms with E-state index in [1.807, 2.05) is 6.92 Å². The highest BCUT2D eigenvalue weighted by Gasteiger charge is 1.87. The van der Waals surface area contributed by atoms with E-state index in [2.05, 4.69) is 0 Å². The van der Waals surface area contributed by atoms with E-state index in [1.165, 1.54) is 4.91 Å². The first-order chi connectivity index (χ1) is 4.18. The molecule has 0 aliphatic rings. The van der Waals surface area contributed by atoms with E-state index in [-0.39, 0.29) is 0 Å². The summed E-state index contributed by atoms with van der Waals surface area (Å²) >= 11 is 0. The Morgan fingerprint density at radius 3 is 2.00 bits per heavy atom. The van der Waals surface area contributed by atoms with Crippen molar-refractivity contribution in [2.75, 3.05) is 0 Å². The second kappa shape index (κ2) is 9.91. The number of aliphatic carboxylic acids is 1. The number of hydrogen-bond donors (Lipinski definition) is 1. The van der Waals surface area contributed by atoms with Gasteiger partial charge in [-0.1, -0.05) is 6.92 Å². The Morgan fingerprint density at radius 2 is 2.00 bits per heavy atom. The SMILES string of the molecule is CCCC(=O)O.[N-]=[N+]=[N-]. The van der Waals surface area contributed by atoms with Crippen LogP contribution in [-0.2, 0) is 4.79 Å². The zero-order chi connectivity index (χ0) is 7.70. The number of hydrogen-bond acceptors (Lipinski definition) is 1. The van der Waals surface area contributed by atoms with Gasteiger partial charge in [-0.15, -0.1) is 0 Å². The summed E-state index contributed by atoms with van der Waals surface area (Å²) in [5, 5.41) is 7.91. The molecule has 0 aromatic heterocycles. The predicted molar refractivity (Wildman–Crippen MR) is 32.6 cm³/mol. The van der Waals surface area contributed by atoms with Gasteiger partial charge in [-0.05, 0) is 6.42 Å². The lowest BCUT2D eigenvalue weighted by molar-refractivity contribution is -0.137. The van der Waals surface area contributed by atoms with Gasteiger partial charge in [0.2, 0.25) is 0 Å². The van der Waals surface area contributed by atoms with Gasteiger partial charge in [0.1, 0.15) is 0 Å². The molecule has 0 saturated heterocycles. The summed E-state index contributed by atoms with van der Waals surface area (Å²) in [6.07, 6.45) is 1.02. The second-order valence-corrected chi connectivity index (χ2v) is 1.23. The van der Waals surface area contributed by atoms with Crippen molar-refractivity contribution in [2.24, 2.45) is 0 Å². The molecule has 0 spiro atoms. The smallest absolute Gasteiger partial charge is 0.303 e. The Labute approximate surface area is 52.7 Å². The van der Waals surface area contributed by atoms with E-state index in [0.717, 1.165) is 6.42 Å². The van der Waals surface area contributed by atoms with Crippen LogP contribution >= 0.6 is 0 Å². The molecule has 0 bridgehead atoms. The lowest BCUT2D eigenvalue weighted by Crippen LogP contribution is -1.90. The normalized spacial score (nSPS) is 6.33. The molecule has 0 fully saturated rings. The van der Waals surface area contributed by atoms with Crippen LogP contribution in [0.1, 0.15) is 19.8 Å². The standard InChI is InChI=1S/C4H8O2.N3/c1-2-3-4(5)6;1-3-2/h2-3H2,1H3,(H,5,6);/q;-1. The molecular formula is C4H8N3O2-. The van der Waals surface area contributed by atoms with Gasteiger partial charge in [-0.3, -0.25) is 9.71 Å². The maximum Gasteiger partial charge on any atom is 0.303 e. The Bertz CT molecular complexity index is 106. The van der Waals surface area contributed by atoms with Crippen molar-refractivity contribution in [3.63, 3.8) is 0 Å². The van der Waals surface area contributed by atoms with Crippen molar-refractivity contribution in [3.05, 3.63) is 16.0 Å². The minimum Gasteiger partial charge on any atom is -0.481 e. The average molecular weight is 130 g/mol. The monoisotopic (exact) mass is 130 g/mol. The molecule has 5 heteroatoms. The maximum atomic E-state index is 9.60. The summed E-state index contributed by atoms with van der Waals surface area (Å²) in [7, 11) is 0. The van der Waals surface area contributed by atoms with Gasteiger partial charge in [-0.25, -0.2) is 0 Å². The first kappa shape index (κ1) is 10.7. The number of carboxylic acids is 1. The fourth-order valence-electron chi connectivity index (χ4n) is 0.214. The summed E-state index contributed by atoms with van der Waals surface area (Å²) in [6, 6.07) is 0. The maximum absolute atomic E-state index is 9.60.